The maximum Gasteiger partial charge on any atom is 0.250 e. The van der Waals surface area contributed by atoms with E-state index in [1.165, 1.54) is 0 Å². The van der Waals surface area contributed by atoms with Gasteiger partial charge in [-0.1, -0.05) is 30.3 Å². The van der Waals surface area contributed by atoms with Crippen molar-refractivity contribution in [2.24, 2.45) is 11.7 Å². The topological polar surface area (TPSA) is 108 Å². The van der Waals surface area contributed by atoms with E-state index in [1.54, 1.807) is 19.1 Å². The van der Waals surface area contributed by atoms with E-state index in [0.717, 1.165) is 40.6 Å². The number of benzene rings is 2. The molecule has 33 heavy (non-hydrogen) atoms. The van der Waals surface area contributed by atoms with E-state index in [-0.39, 0.29) is 11.8 Å². The van der Waals surface area contributed by atoms with Gasteiger partial charge in [0.25, 0.3) is 11.8 Å². The van der Waals surface area contributed by atoms with Crippen LogP contribution in [0.25, 0.3) is 22.0 Å². The van der Waals surface area contributed by atoms with Gasteiger partial charge in [0.05, 0.1) is 16.7 Å². The van der Waals surface area contributed by atoms with Gasteiger partial charge in [-0.05, 0) is 75.3 Å². The van der Waals surface area contributed by atoms with Crippen LogP contribution in [0.2, 0.25) is 5.02 Å². The van der Waals surface area contributed by atoms with Crippen LogP contribution < -0.4 is 11.1 Å². The van der Waals surface area contributed by atoms with E-state index in [2.05, 4.69) is 16.9 Å². The summed E-state index contributed by atoms with van der Waals surface area (Å²) in [4.78, 5) is 27.8. The van der Waals surface area contributed by atoms with Crippen molar-refractivity contribution < 1.29 is 14.7 Å². The van der Waals surface area contributed by atoms with Crippen LogP contribution in [0, 0.1) is 5.92 Å². The fourth-order valence-electron chi connectivity index (χ4n) is 4.65. The summed E-state index contributed by atoms with van der Waals surface area (Å²) in [6.45, 7) is 8.98. The van der Waals surface area contributed by atoms with Gasteiger partial charge in [-0.15, -0.1) is 0 Å². The smallest absolute Gasteiger partial charge is 0.250 e. The standard InChI is InChI=1S/C26H28ClN3O3/c1-13(2)25(32)29-16-7-5-6-14(10-16)21-19(27)12-18(24(28)31)23-22(21)17-9-8-15(26(3,4)33)11-20(17)30-23/h5-7,10,12,15,30,33H,1,8-9,11H2,2-4H3,(H2,28,31)(H,29,32). The van der Waals surface area contributed by atoms with Gasteiger partial charge in [-0.2, -0.15) is 0 Å². The molecule has 0 fully saturated rings. The Hall–Kier alpha value is -3.09. The highest BCUT2D eigenvalue weighted by Crippen LogP contribution is 2.44. The Labute approximate surface area is 197 Å². The SMILES string of the molecule is C=C(C)C(=O)Nc1cccc(-c2c(Cl)cc(C(N)=O)c3[nH]c4c(c23)CCC(C(C)(C)O)C4)c1. The number of fused-ring (bicyclic) bond motifs is 3. The molecule has 2 aromatic carbocycles. The lowest BCUT2D eigenvalue weighted by Crippen LogP contribution is -2.34. The number of aliphatic hydroxyl groups is 1. The lowest BCUT2D eigenvalue weighted by molar-refractivity contribution is -0.112. The van der Waals surface area contributed by atoms with Gasteiger partial charge in [-0.25, -0.2) is 0 Å². The molecule has 5 N–H and O–H groups in total. The number of carbonyl (C=O) groups excluding carboxylic acids is 2. The number of amides is 2. The maximum absolute atomic E-state index is 12.2. The quantitative estimate of drug-likeness (QED) is 0.399. The number of anilines is 1. The molecule has 0 spiro atoms. The lowest BCUT2D eigenvalue weighted by atomic mass is 9.77. The van der Waals surface area contributed by atoms with Crippen molar-refractivity contribution in [3.8, 4) is 11.1 Å². The van der Waals surface area contributed by atoms with E-state index in [1.807, 2.05) is 32.0 Å². The Morgan fingerprint density at radius 1 is 1.30 bits per heavy atom. The number of nitrogens with one attached hydrogen (secondary N) is 2. The summed E-state index contributed by atoms with van der Waals surface area (Å²) < 4.78 is 0. The number of aromatic amines is 1. The largest absolute Gasteiger partial charge is 0.390 e. The number of H-pyrrole nitrogens is 1. The zero-order chi connectivity index (χ0) is 24.1. The summed E-state index contributed by atoms with van der Waals surface area (Å²) in [6, 6.07) is 9.01. The fourth-order valence-corrected chi connectivity index (χ4v) is 4.96. The first-order valence-corrected chi connectivity index (χ1v) is 11.3. The molecule has 0 bridgehead atoms. The van der Waals surface area contributed by atoms with Gasteiger partial charge in [0.15, 0.2) is 0 Å². The Morgan fingerprint density at radius 2 is 2.03 bits per heavy atom. The Kier molecular flexibility index (Phi) is 5.85. The van der Waals surface area contributed by atoms with Crippen molar-refractivity contribution in [2.75, 3.05) is 5.32 Å². The third-order valence-electron chi connectivity index (χ3n) is 6.48. The monoisotopic (exact) mass is 465 g/mol. The number of nitrogens with two attached hydrogens (primary N) is 1. The molecule has 0 saturated heterocycles. The van der Waals surface area contributed by atoms with Gasteiger partial charge in [0.2, 0.25) is 0 Å². The number of primary amides is 1. The molecule has 6 nitrogen and oxygen atoms in total. The van der Waals surface area contributed by atoms with Crippen LogP contribution in [0.1, 0.15) is 48.8 Å². The number of aromatic nitrogens is 1. The van der Waals surface area contributed by atoms with Crippen molar-refractivity contribution in [1.29, 1.82) is 0 Å². The summed E-state index contributed by atoms with van der Waals surface area (Å²) in [6.07, 6.45) is 2.22. The highest BCUT2D eigenvalue weighted by molar-refractivity contribution is 6.36. The molecule has 1 aromatic heterocycles. The summed E-state index contributed by atoms with van der Waals surface area (Å²) in [5, 5.41) is 14.7. The normalized spacial score (nSPS) is 15.8. The number of hydrogen-bond donors (Lipinski definition) is 4. The minimum Gasteiger partial charge on any atom is -0.390 e. The van der Waals surface area contributed by atoms with Crippen molar-refractivity contribution in [3.63, 3.8) is 0 Å². The predicted octanol–water partition coefficient (Wildman–Crippen LogP) is 4.98. The van der Waals surface area contributed by atoms with Crippen LogP contribution in [0.15, 0.2) is 42.5 Å². The molecule has 0 saturated carbocycles. The Morgan fingerprint density at radius 3 is 2.67 bits per heavy atom. The minimum atomic E-state index is -0.808. The van der Waals surface area contributed by atoms with Crippen molar-refractivity contribution in [2.45, 2.75) is 45.6 Å². The first-order valence-electron chi connectivity index (χ1n) is 10.9. The lowest BCUT2D eigenvalue weighted by Gasteiger charge is -2.32. The van der Waals surface area contributed by atoms with Gasteiger partial charge in [0, 0.05) is 32.9 Å². The molecule has 1 atom stereocenters. The molecule has 0 aliphatic heterocycles. The van der Waals surface area contributed by atoms with Crippen LogP contribution in [0.3, 0.4) is 0 Å². The zero-order valence-electron chi connectivity index (χ0n) is 19.0. The molecule has 1 aliphatic carbocycles. The zero-order valence-corrected chi connectivity index (χ0v) is 19.8. The molecule has 1 unspecified atom stereocenters. The van der Waals surface area contributed by atoms with Crippen LogP contribution in [-0.2, 0) is 17.6 Å². The number of carbonyl (C=O) groups is 2. The van der Waals surface area contributed by atoms with Gasteiger partial charge >= 0.3 is 0 Å². The number of aryl methyl sites for hydroxylation is 1. The third kappa shape index (κ3) is 4.28. The summed E-state index contributed by atoms with van der Waals surface area (Å²) in [5.41, 5.74) is 10.6. The molecule has 1 heterocycles. The van der Waals surface area contributed by atoms with Crippen molar-refractivity contribution in [1.82, 2.24) is 4.98 Å². The molecule has 3 aromatic rings. The number of hydrogen-bond acceptors (Lipinski definition) is 3. The second kappa shape index (κ2) is 8.36. The highest BCUT2D eigenvalue weighted by Gasteiger charge is 2.33. The van der Waals surface area contributed by atoms with E-state index < -0.39 is 11.5 Å². The van der Waals surface area contributed by atoms with E-state index in [9.17, 15) is 14.7 Å². The molecule has 172 valence electrons. The summed E-state index contributed by atoms with van der Waals surface area (Å²) in [5.74, 6) is -0.729. The first-order chi connectivity index (χ1) is 15.5. The second-order valence-corrected chi connectivity index (χ2v) is 9.79. The Balaban J connectivity index is 1.92. The van der Waals surface area contributed by atoms with Gasteiger partial charge in [0.1, 0.15) is 0 Å². The molecule has 7 heteroatoms. The molecular formula is C26H28ClN3O3. The molecular weight excluding hydrogens is 438 g/mol. The average Bonchev–Trinajstić information content (AvgIpc) is 3.11. The van der Waals surface area contributed by atoms with Crippen LogP contribution in [0.4, 0.5) is 5.69 Å². The Bertz CT molecular complexity index is 1300. The van der Waals surface area contributed by atoms with Crippen molar-refractivity contribution in [3.05, 3.63) is 64.3 Å². The van der Waals surface area contributed by atoms with E-state index in [4.69, 9.17) is 17.3 Å². The van der Waals surface area contributed by atoms with Crippen LogP contribution in [-0.4, -0.2) is 27.5 Å². The van der Waals surface area contributed by atoms with Gasteiger partial charge < -0.3 is 21.1 Å². The van der Waals surface area contributed by atoms with Crippen LogP contribution in [0.5, 0.6) is 0 Å². The molecule has 0 radical (unpaired) electrons. The number of halogens is 1. The summed E-state index contributed by atoms with van der Waals surface area (Å²) in [7, 11) is 0. The van der Waals surface area contributed by atoms with Crippen molar-refractivity contribution >= 4 is 40.0 Å². The van der Waals surface area contributed by atoms with E-state index in [0.29, 0.717) is 33.8 Å². The minimum absolute atomic E-state index is 0.0923. The number of rotatable bonds is 5. The average molecular weight is 466 g/mol. The van der Waals surface area contributed by atoms with E-state index >= 15 is 0 Å². The summed E-state index contributed by atoms with van der Waals surface area (Å²) >= 11 is 6.73. The predicted molar refractivity (Wildman–Crippen MR) is 133 cm³/mol. The molecule has 4 rings (SSSR count). The molecule has 2 amide bonds. The highest BCUT2D eigenvalue weighted by atomic mass is 35.5. The fraction of sp³-hybridized carbons (Fsp3) is 0.308. The van der Waals surface area contributed by atoms with Crippen LogP contribution >= 0.6 is 11.6 Å². The first kappa shape index (κ1) is 23.1. The van der Waals surface area contributed by atoms with Gasteiger partial charge in [-0.3, -0.25) is 9.59 Å². The second-order valence-electron chi connectivity index (χ2n) is 9.39. The molecule has 1 aliphatic rings. The maximum atomic E-state index is 12.2. The third-order valence-corrected chi connectivity index (χ3v) is 6.77.